The molecule has 1 aliphatic rings. The molecule has 0 fully saturated rings. The second kappa shape index (κ2) is 6.15. The summed E-state index contributed by atoms with van der Waals surface area (Å²) in [7, 11) is 3.21. The maximum absolute atomic E-state index is 14.3. The molecule has 3 rings (SSSR count). The molecule has 1 heterocycles. The number of hydrogen-bond acceptors (Lipinski definition) is 2. The lowest BCUT2D eigenvalue weighted by atomic mass is 9.89. The minimum Gasteiger partial charge on any atom is -0.493 e. The number of benzene rings is 2. The van der Waals surface area contributed by atoms with Gasteiger partial charge in [0.15, 0.2) is 11.5 Å². The van der Waals surface area contributed by atoms with E-state index >= 15 is 0 Å². The molecule has 1 atom stereocenters. The number of quaternary nitrogens is 1. The van der Waals surface area contributed by atoms with Crippen LogP contribution in [-0.4, -0.2) is 20.8 Å². The van der Waals surface area contributed by atoms with Gasteiger partial charge in [-0.2, -0.15) is 0 Å². The van der Waals surface area contributed by atoms with Crippen LogP contribution in [0, 0.1) is 5.82 Å². The van der Waals surface area contributed by atoms with Crippen molar-refractivity contribution < 1.29 is 19.2 Å². The maximum atomic E-state index is 14.3. The molecule has 0 amide bonds. The van der Waals surface area contributed by atoms with Gasteiger partial charge in [-0.1, -0.05) is 17.7 Å². The van der Waals surface area contributed by atoms with Gasteiger partial charge in [0, 0.05) is 12.0 Å². The summed E-state index contributed by atoms with van der Waals surface area (Å²) in [5.74, 6) is 1.06. The van der Waals surface area contributed by atoms with Gasteiger partial charge in [-0.25, -0.2) is 4.39 Å². The lowest BCUT2D eigenvalue weighted by Gasteiger charge is -2.26. The van der Waals surface area contributed by atoms with Crippen LogP contribution in [0.25, 0.3) is 0 Å². The van der Waals surface area contributed by atoms with E-state index in [-0.39, 0.29) is 11.9 Å². The van der Waals surface area contributed by atoms with Crippen molar-refractivity contribution in [2.75, 3.05) is 20.8 Å². The van der Waals surface area contributed by atoms with E-state index in [2.05, 4.69) is 5.32 Å². The first-order valence-corrected chi connectivity index (χ1v) is 7.55. The third-order valence-corrected chi connectivity index (χ3v) is 4.44. The van der Waals surface area contributed by atoms with Crippen LogP contribution in [0.4, 0.5) is 4.39 Å². The van der Waals surface area contributed by atoms with Gasteiger partial charge >= 0.3 is 0 Å². The molecule has 22 heavy (non-hydrogen) atoms. The fraction of sp³-hybridized carbons (Fsp3) is 0.294. The van der Waals surface area contributed by atoms with Crippen molar-refractivity contribution >= 4 is 11.6 Å². The largest absolute Gasteiger partial charge is 0.493 e. The van der Waals surface area contributed by atoms with Crippen LogP contribution in [0.1, 0.15) is 22.7 Å². The maximum Gasteiger partial charge on any atom is 0.161 e. The Labute approximate surface area is 134 Å². The third kappa shape index (κ3) is 2.53. The Balaban J connectivity index is 2.15. The molecule has 2 aromatic carbocycles. The predicted octanol–water partition coefficient (Wildman–Crippen LogP) is 2.71. The van der Waals surface area contributed by atoms with E-state index in [1.807, 2.05) is 12.1 Å². The first-order chi connectivity index (χ1) is 10.7. The van der Waals surface area contributed by atoms with Gasteiger partial charge in [-0.15, -0.1) is 0 Å². The Kier molecular flexibility index (Phi) is 4.23. The molecule has 5 heteroatoms. The highest BCUT2D eigenvalue weighted by Crippen LogP contribution is 2.37. The number of halogens is 2. The van der Waals surface area contributed by atoms with Gasteiger partial charge in [-0.05, 0) is 29.8 Å². The predicted molar refractivity (Wildman–Crippen MR) is 83.3 cm³/mol. The Bertz CT molecular complexity index is 685. The summed E-state index contributed by atoms with van der Waals surface area (Å²) < 4.78 is 25.0. The molecule has 0 aromatic heterocycles. The molecule has 2 N–H and O–H groups in total. The summed E-state index contributed by atoms with van der Waals surface area (Å²) in [5.41, 5.74) is 2.69. The normalized spacial score (nSPS) is 17.0. The summed E-state index contributed by atoms with van der Waals surface area (Å²) in [4.78, 5) is 0. The number of methoxy groups -OCH3 is 2. The molecular weight excluding hydrogens is 305 g/mol. The second-order valence-corrected chi connectivity index (χ2v) is 5.70. The monoisotopic (exact) mass is 322 g/mol. The van der Waals surface area contributed by atoms with Gasteiger partial charge < -0.3 is 14.8 Å². The van der Waals surface area contributed by atoms with Crippen LogP contribution in [0.5, 0.6) is 11.5 Å². The van der Waals surface area contributed by atoms with Crippen molar-refractivity contribution in [2.24, 2.45) is 0 Å². The van der Waals surface area contributed by atoms with Gasteiger partial charge in [0.1, 0.15) is 11.9 Å². The molecule has 0 unspecified atom stereocenters. The average Bonchev–Trinajstić information content (AvgIpc) is 2.53. The van der Waals surface area contributed by atoms with Crippen molar-refractivity contribution in [3.05, 3.63) is 57.9 Å². The van der Waals surface area contributed by atoms with E-state index in [1.165, 1.54) is 6.07 Å². The number of ether oxygens (including phenoxy) is 2. The fourth-order valence-electron chi connectivity index (χ4n) is 3.06. The van der Waals surface area contributed by atoms with Crippen molar-refractivity contribution in [3.63, 3.8) is 0 Å². The van der Waals surface area contributed by atoms with E-state index in [1.54, 1.807) is 26.4 Å². The van der Waals surface area contributed by atoms with E-state index in [0.717, 1.165) is 24.1 Å². The second-order valence-electron chi connectivity index (χ2n) is 5.29. The van der Waals surface area contributed by atoms with Gasteiger partial charge in [0.05, 0.1) is 31.4 Å². The van der Waals surface area contributed by atoms with Crippen molar-refractivity contribution in [1.82, 2.24) is 0 Å². The van der Waals surface area contributed by atoms with E-state index in [9.17, 15) is 4.39 Å². The van der Waals surface area contributed by atoms with E-state index < -0.39 is 0 Å². The average molecular weight is 323 g/mol. The number of nitrogens with two attached hydrogens (primary N) is 1. The molecule has 0 aliphatic carbocycles. The first-order valence-electron chi connectivity index (χ1n) is 7.17. The first kappa shape index (κ1) is 15.1. The Morgan fingerprint density at radius 1 is 1.18 bits per heavy atom. The summed E-state index contributed by atoms with van der Waals surface area (Å²) in [5, 5.41) is 2.56. The minimum absolute atomic E-state index is 0.169. The highest BCUT2D eigenvalue weighted by atomic mass is 35.5. The van der Waals surface area contributed by atoms with Gasteiger partial charge in [0.25, 0.3) is 0 Å². The van der Waals surface area contributed by atoms with Crippen molar-refractivity contribution in [3.8, 4) is 11.5 Å². The molecule has 1 aliphatic heterocycles. The van der Waals surface area contributed by atoms with Crippen LogP contribution in [-0.2, 0) is 6.42 Å². The number of fused-ring (bicyclic) bond motifs is 1. The SMILES string of the molecule is COc1cc2c(cc1OC)[C@H](c1c(F)cccc1Cl)[NH2+]CC2. The van der Waals surface area contributed by atoms with E-state index in [4.69, 9.17) is 21.1 Å². The fourth-order valence-corrected chi connectivity index (χ4v) is 3.34. The summed E-state index contributed by atoms with van der Waals surface area (Å²) in [6.45, 7) is 0.873. The molecule has 0 spiro atoms. The smallest absolute Gasteiger partial charge is 0.161 e. The zero-order valence-corrected chi connectivity index (χ0v) is 13.3. The Morgan fingerprint density at radius 3 is 2.59 bits per heavy atom. The summed E-state index contributed by atoms with van der Waals surface area (Å²) in [6.07, 6.45) is 0.901. The Morgan fingerprint density at radius 2 is 1.91 bits per heavy atom. The minimum atomic E-state index is -0.281. The zero-order chi connectivity index (χ0) is 15.7. The molecule has 0 radical (unpaired) electrons. The molecule has 0 saturated carbocycles. The lowest BCUT2D eigenvalue weighted by molar-refractivity contribution is -0.690. The lowest BCUT2D eigenvalue weighted by Crippen LogP contribution is -2.87. The molecule has 0 saturated heterocycles. The van der Waals surface area contributed by atoms with Crippen LogP contribution in [0.2, 0.25) is 5.02 Å². The van der Waals surface area contributed by atoms with Crippen LogP contribution in [0.3, 0.4) is 0 Å². The molecular formula is C17H18ClFNO2+. The molecule has 2 aromatic rings. The van der Waals surface area contributed by atoms with Crippen molar-refractivity contribution in [1.29, 1.82) is 0 Å². The molecule has 0 bridgehead atoms. The van der Waals surface area contributed by atoms with Gasteiger partial charge in [-0.3, -0.25) is 0 Å². The standard InChI is InChI=1S/C17H17ClFNO2/c1-21-14-8-10-6-7-20-17(11(10)9-15(14)22-2)16-12(18)4-3-5-13(16)19/h3-5,8-9,17,20H,6-7H2,1-2H3/p+1/t17-/m1/s1. The highest BCUT2D eigenvalue weighted by molar-refractivity contribution is 6.31. The highest BCUT2D eigenvalue weighted by Gasteiger charge is 2.30. The molecule has 3 nitrogen and oxygen atoms in total. The number of hydrogen-bond donors (Lipinski definition) is 1. The Hall–Kier alpha value is -1.78. The zero-order valence-electron chi connectivity index (χ0n) is 12.5. The quantitative estimate of drug-likeness (QED) is 0.943. The topological polar surface area (TPSA) is 35.1 Å². The van der Waals surface area contributed by atoms with Crippen LogP contribution < -0.4 is 14.8 Å². The summed E-state index contributed by atoms with van der Waals surface area (Å²) >= 11 is 6.25. The van der Waals surface area contributed by atoms with Crippen LogP contribution >= 0.6 is 11.6 Å². The third-order valence-electron chi connectivity index (χ3n) is 4.11. The van der Waals surface area contributed by atoms with Gasteiger partial charge in [0.2, 0.25) is 0 Å². The molecule has 116 valence electrons. The van der Waals surface area contributed by atoms with Crippen molar-refractivity contribution in [2.45, 2.75) is 12.5 Å². The number of rotatable bonds is 3. The summed E-state index contributed by atoms with van der Waals surface area (Å²) in [6, 6.07) is 8.53. The van der Waals surface area contributed by atoms with Crippen LogP contribution in [0.15, 0.2) is 30.3 Å². The van der Waals surface area contributed by atoms with E-state index in [0.29, 0.717) is 22.1 Å².